The second kappa shape index (κ2) is 6.16. The van der Waals surface area contributed by atoms with Crippen LogP contribution in [-0.4, -0.2) is 24.5 Å². The van der Waals surface area contributed by atoms with Gasteiger partial charge in [0.15, 0.2) is 0 Å². The Hall–Kier alpha value is -1.51. The van der Waals surface area contributed by atoms with Gasteiger partial charge < -0.3 is 10.2 Å². The molecule has 0 heterocycles. The van der Waals surface area contributed by atoms with Crippen LogP contribution in [0.1, 0.15) is 25.8 Å². The minimum absolute atomic E-state index is 0.0500. The number of nitrogens with one attached hydrogen (secondary N) is 1. The lowest BCUT2D eigenvalue weighted by Crippen LogP contribution is -2.31. The smallest absolute Gasteiger partial charge is 0.321 e. The highest BCUT2D eigenvalue weighted by Gasteiger charge is 2.08. The Kier molecular flexibility index (Phi) is 4.83. The molecule has 0 saturated carbocycles. The third-order valence-electron chi connectivity index (χ3n) is 2.60. The van der Waals surface area contributed by atoms with Gasteiger partial charge in [-0.25, -0.2) is 4.79 Å². The van der Waals surface area contributed by atoms with Gasteiger partial charge in [0.2, 0.25) is 0 Å². The quantitative estimate of drug-likeness (QED) is 0.830. The van der Waals surface area contributed by atoms with Crippen molar-refractivity contribution in [2.24, 2.45) is 0 Å². The van der Waals surface area contributed by atoms with Crippen molar-refractivity contribution in [1.29, 1.82) is 0 Å². The average Bonchev–Trinajstić information content (AvgIpc) is 2.31. The number of carbonyl (C=O) groups is 1. The van der Waals surface area contributed by atoms with Gasteiger partial charge in [-0.15, -0.1) is 0 Å². The number of urea groups is 1. The molecule has 2 amide bonds. The largest absolute Gasteiger partial charge is 0.328 e. The molecule has 1 rings (SSSR count). The summed E-state index contributed by atoms with van der Waals surface area (Å²) in [5, 5.41) is 2.93. The molecule has 1 aromatic carbocycles. The van der Waals surface area contributed by atoms with Crippen molar-refractivity contribution in [3.8, 4) is 0 Å². The maximum absolute atomic E-state index is 11.7. The van der Waals surface area contributed by atoms with Gasteiger partial charge in [-0.05, 0) is 25.0 Å². The van der Waals surface area contributed by atoms with Crippen molar-refractivity contribution in [1.82, 2.24) is 4.90 Å². The van der Waals surface area contributed by atoms with Crippen molar-refractivity contribution in [2.45, 2.75) is 26.7 Å². The zero-order chi connectivity index (χ0) is 12.0. The first kappa shape index (κ1) is 12.6. The first-order valence-corrected chi connectivity index (χ1v) is 5.79. The Morgan fingerprint density at radius 2 is 2.00 bits per heavy atom. The maximum Gasteiger partial charge on any atom is 0.321 e. The summed E-state index contributed by atoms with van der Waals surface area (Å²) in [7, 11) is 1.79. The van der Waals surface area contributed by atoms with Gasteiger partial charge in [0.1, 0.15) is 0 Å². The number of para-hydroxylation sites is 1. The summed E-state index contributed by atoms with van der Waals surface area (Å²) in [6, 6.07) is 7.91. The van der Waals surface area contributed by atoms with Gasteiger partial charge in [-0.2, -0.15) is 0 Å². The highest BCUT2D eigenvalue weighted by Crippen LogP contribution is 2.17. The number of hydrogen-bond acceptors (Lipinski definition) is 1. The number of benzene rings is 1. The van der Waals surface area contributed by atoms with E-state index in [9.17, 15) is 4.79 Å². The fourth-order valence-corrected chi connectivity index (χ4v) is 1.48. The Morgan fingerprint density at radius 1 is 1.31 bits per heavy atom. The van der Waals surface area contributed by atoms with Crippen LogP contribution in [0.3, 0.4) is 0 Å². The Bertz CT molecular complexity index is 350. The van der Waals surface area contributed by atoms with Gasteiger partial charge in [0, 0.05) is 19.3 Å². The molecule has 0 aromatic heterocycles. The van der Waals surface area contributed by atoms with Gasteiger partial charge in [-0.1, -0.05) is 31.5 Å². The first-order chi connectivity index (χ1) is 7.69. The maximum atomic E-state index is 11.7. The predicted molar refractivity (Wildman–Crippen MR) is 67.8 cm³/mol. The molecule has 1 N–H and O–H groups in total. The lowest BCUT2D eigenvalue weighted by molar-refractivity contribution is 0.224. The van der Waals surface area contributed by atoms with Crippen LogP contribution in [0, 0.1) is 0 Å². The Morgan fingerprint density at radius 3 is 2.62 bits per heavy atom. The van der Waals surface area contributed by atoms with Crippen molar-refractivity contribution in [2.75, 3.05) is 18.9 Å². The lowest BCUT2D eigenvalue weighted by Gasteiger charge is -2.17. The monoisotopic (exact) mass is 220 g/mol. The molecule has 88 valence electrons. The number of rotatable bonds is 4. The first-order valence-electron chi connectivity index (χ1n) is 5.79. The second-order valence-electron chi connectivity index (χ2n) is 3.85. The SMILES string of the molecule is CCCc1ccccc1NC(=O)N(C)CC. The van der Waals surface area contributed by atoms with Crippen molar-refractivity contribution in [3.63, 3.8) is 0 Å². The lowest BCUT2D eigenvalue weighted by atomic mass is 10.1. The molecule has 16 heavy (non-hydrogen) atoms. The fraction of sp³-hybridized carbons (Fsp3) is 0.462. The van der Waals surface area contributed by atoms with Crippen LogP contribution in [0.2, 0.25) is 0 Å². The molecule has 0 radical (unpaired) electrons. The average molecular weight is 220 g/mol. The van der Waals surface area contributed by atoms with E-state index in [1.807, 2.05) is 25.1 Å². The molecule has 0 aliphatic carbocycles. The number of carbonyl (C=O) groups excluding carboxylic acids is 1. The van der Waals surface area contributed by atoms with Crippen LogP contribution in [0.5, 0.6) is 0 Å². The Labute approximate surface area is 97.5 Å². The van der Waals surface area contributed by atoms with Crippen LogP contribution in [0.25, 0.3) is 0 Å². The van der Waals surface area contributed by atoms with E-state index >= 15 is 0 Å². The van der Waals surface area contributed by atoms with Crippen molar-refractivity contribution >= 4 is 11.7 Å². The molecular formula is C13H20N2O. The van der Waals surface area contributed by atoms with Crippen molar-refractivity contribution in [3.05, 3.63) is 29.8 Å². The minimum Gasteiger partial charge on any atom is -0.328 e. The molecular weight excluding hydrogens is 200 g/mol. The molecule has 0 aliphatic rings. The number of aryl methyl sites for hydroxylation is 1. The van der Waals surface area contributed by atoms with E-state index in [-0.39, 0.29) is 6.03 Å². The highest BCUT2D eigenvalue weighted by molar-refractivity contribution is 5.89. The van der Waals surface area contributed by atoms with Crippen LogP contribution in [-0.2, 0) is 6.42 Å². The zero-order valence-electron chi connectivity index (χ0n) is 10.3. The molecule has 0 fully saturated rings. The predicted octanol–water partition coefficient (Wildman–Crippen LogP) is 3.12. The van der Waals surface area contributed by atoms with Crippen LogP contribution in [0.4, 0.5) is 10.5 Å². The number of hydrogen-bond donors (Lipinski definition) is 1. The van der Waals surface area contributed by atoms with E-state index in [2.05, 4.69) is 18.3 Å². The molecule has 0 aliphatic heterocycles. The van der Waals surface area contributed by atoms with E-state index in [4.69, 9.17) is 0 Å². The van der Waals surface area contributed by atoms with E-state index in [0.717, 1.165) is 18.5 Å². The molecule has 3 heteroatoms. The molecule has 0 saturated heterocycles. The van der Waals surface area contributed by atoms with Gasteiger partial charge in [-0.3, -0.25) is 0 Å². The summed E-state index contributed by atoms with van der Waals surface area (Å²) in [5.74, 6) is 0. The standard InChI is InChI=1S/C13H20N2O/c1-4-8-11-9-6-7-10-12(11)14-13(16)15(3)5-2/h6-7,9-10H,4-5,8H2,1-3H3,(H,14,16). The van der Waals surface area contributed by atoms with Crippen LogP contribution < -0.4 is 5.32 Å². The number of amides is 2. The van der Waals surface area contributed by atoms with Gasteiger partial charge in [0.05, 0.1) is 0 Å². The second-order valence-corrected chi connectivity index (χ2v) is 3.85. The fourth-order valence-electron chi connectivity index (χ4n) is 1.48. The Balaban J connectivity index is 2.76. The molecule has 0 spiro atoms. The summed E-state index contributed by atoms with van der Waals surface area (Å²) >= 11 is 0. The summed E-state index contributed by atoms with van der Waals surface area (Å²) in [6.45, 7) is 4.80. The third kappa shape index (κ3) is 3.26. The molecule has 0 atom stereocenters. The van der Waals surface area contributed by atoms with Crippen molar-refractivity contribution < 1.29 is 4.79 Å². The van der Waals surface area contributed by atoms with E-state index in [1.54, 1.807) is 11.9 Å². The third-order valence-corrected chi connectivity index (χ3v) is 2.60. The summed E-state index contributed by atoms with van der Waals surface area (Å²) in [6.07, 6.45) is 2.07. The van der Waals surface area contributed by atoms with Gasteiger partial charge in [0.25, 0.3) is 0 Å². The highest BCUT2D eigenvalue weighted by atomic mass is 16.2. The van der Waals surface area contributed by atoms with Crippen LogP contribution >= 0.6 is 0 Å². The molecule has 1 aromatic rings. The summed E-state index contributed by atoms with van der Waals surface area (Å²) < 4.78 is 0. The zero-order valence-corrected chi connectivity index (χ0v) is 10.3. The van der Waals surface area contributed by atoms with Gasteiger partial charge >= 0.3 is 6.03 Å². The number of anilines is 1. The van der Waals surface area contributed by atoms with E-state index in [1.165, 1.54) is 5.56 Å². The normalized spacial score (nSPS) is 9.94. The topological polar surface area (TPSA) is 32.3 Å². The molecule has 0 unspecified atom stereocenters. The number of nitrogens with zero attached hydrogens (tertiary/aromatic N) is 1. The molecule has 0 bridgehead atoms. The minimum atomic E-state index is -0.0500. The molecule has 3 nitrogen and oxygen atoms in total. The summed E-state index contributed by atoms with van der Waals surface area (Å²) in [4.78, 5) is 13.4. The van der Waals surface area contributed by atoms with E-state index < -0.39 is 0 Å². The van der Waals surface area contributed by atoms with E-state index in [0.29, 0.717) is 6.54 Å². The van der Waals surface area contributed by atoms with Crippen LogP contribution in [0.15, 0.2) is 24.3 Å². The summed E-state index contributed by atoms with van der Waals surface area (Å²) in [5.41, 5.74) is 2.12.